The van der Waals surface area contributed by atoms with Gasteiger partial charge in [-0.1, -0.05) is 11.6 Å². The summed E-state index contributed by atoms with van der Waals surface area (Å²) in [5, 5.41) is 38.6. The maximum atomic E-state index is 13.7. The Bertz CT molecular complexity index is 1950. The monoisotopic (exact) mass is 616 g/mol. The summed E-state index contributed by atoms with van der Waals surface area (Å²) >= 11 is 8.20. The van der Waals surface area contributed by atoms with E-state index in [0.29, 0.717) is 18.2 Å². The molecule has 0 fully saturated rings. The van der Waals surface area contributed by atoms with Gasteiger partial charge in [0.2, 0.25) is 16.7 Å². The van der Waals surface area contributed by atoms with Crippen LogP contribution in [0, 0.1) is 31.9 Å². The average molecular weight is 618 g/mol. The fraction of sp³-hybridized carbons (Fsp3) is 0. The van der Waals surface area contributed by atoms with Crippen LogP contribution in [-0.2, 0) is 0 Å². The zero-order valence-corrected chi connectivity index (χ0v) is 20.2. The summed E-state index contributed by atoms with van der Waals surface area (Å²) in [6.45, 7) is 0. The molecule has 0 aliphatic heterocycles. The molecule has 18 heteroatoms. The molecule has 4 rings (SSSR count). The first kappa shape index (κ1) is 27.8. The van der Waals surface area contributed by atoms with Gasteiger partial charge in [0.05, 0.1) is 25.4 Å². The molecular formula is C20H8BrClF2N4O10. The van der Waals surface area contributed by atoms with E-state index < -0.39 is 87.6 Å². The van der Waals surface area contributed by atoms with E-state index in [2.05, 4.69) is 20.9 Å². The second-order valence-electron chi connectivity index (χ2n) is 7.10. The van der Waals surface area contributed by atoms with Crippen LogP contribution in [0.4, 0.5) is 20.2 Å². The van der Waals surface area contributed by atoms with Crippen LogP contribution in [0.5, 0.6) is 11.5 Å². The Morgan fingerprint density at radius 3 is 2.00 bits per heavy atom. The number of nitro groups is 2. The predicted octanol–water partition coefficient (Wildman–Crippen LogP) is 2.70. The lowest BCUT2D eigenvalue weighted by atomic mass is 10.2. The third-order valence-corrected chi connectivity index (χ3v) is 5.67. The van der Waals surface area contributed by atoms with Crippen molar-refractivity contribution in [2.45, 2.75) is 0 Å². The van der Waals surface area contributed by atoms with Gasteiger partial charge in [-0.05, 0) is 22.0 Å². The SMILES string of the molecule is O=c1cc(O)c(=O)c2c([N+](=O)[O-])c(Cl)c(F)cc2[nH]1.O=c1cc(O)c2c([N+](=O)[O-])c(F)c(Br)cc2[nH]c1=O. The molecule has 0 aliphatic carbocycles. The standard InChI is InChI=1S/C10H4BrFN2O5.C10H4ClFN2O5/c11-3-1-4-7(9(8(3)12)14(18)19)5(15)2-6(16)10(17)13-4;11-8-3(12)1-4-7(9(8)14(18)19)10(17)5(15)2-6(16)13-4/h1-2,15H,(H,13,16,17);1-2H,(H,13,16)(H,15,17). The van der Waals surface area contributed by atoms with Gasteiger partial charge in [0.25, 0.3) is 11.1 Å². The maximum Gasteiger partial charge on any atom is 0.318 e. The van der Waals surface area contributed by atoms with Crippen molar-refractivity contribution < 1.29 is 28.8 Å². The van der Waals surface area contributed by atoms with Gasteiger partial charge in [0.1, 0.15) is 16.5 Å². The number of nitrogens with zero attached hydrogens (tertiary/aromatic N) is 2. The van der Waals surface area contributed by atoms with Crippen molar-refractivity contribution in [2.75, 3.05) is 0 Å². The van der Waals surface area contributed by atoms with E-state index in [-0.39, 0.29) is 9.99 Å². The number of hydrogen-bond donors (Lipinski definition) is 4. The number of rotatable bonds is 2. The highest BCUT2D eigenvalue weighted by Gasteiger charge is 2.26. The lowest BCUT2D eigenvalue weighted by molar-refractivity contribution is -0.385. The summed E-state index contributed by atoms with van der Waals surface area (Å²) in [5.41, 5.74) is -6.99. The molecular weight excluding hydrogens is 610 g/mol. The molecule has 0 saturated heterocycles. The number of benzene rings is 2. The largest absolute Gasteiger partial charge is 0.507 e. The topological polar surface area (TPSA) is 227 Å². The van der Waals surface area contributed by atoms with Crippen LogP contribution in [-0.4, -0.2) is 30.0 Å². The summed E-state index contributed by atoms with van der Waals surface area (Å²) in [6, 6.07) is 2.74. The van der Waals surface area contributed by atoms with Crippen LogP contribution in [0.2, 0.25) is 5.02 Å². The van der Waals surface area contributed by atoms with E-state index >= 15 is 0 Å². The molecule has 0 amide bonds. The molecule has 0 atom stereocenters. The Morgan fingerprint density at radius 1 is 0.842 bits per heavy atom. The van der Waals surface area contributed by atoms with Crippen LogP contribution in [0.1, 0.15) is 0 Å². The molecule has 14 nitrogen and oxygen atoms in total. The minimum atomic E-state index is -1.22. The van der Waals surface area contributed by atoms with Crippen LogP contribution in [0.25, 0.3) is 21.8 Å². The fourth-order valence-corrected chi connectivity index (χ4v) is 3.82. The number of aromatic amines is 2. The average Bonchev–Trinajstić information content (AvgIpc) is 2.98. The van der Waals surface area contributed by atoms with Crippen LogP contribution in [0.15, 0.2) is 47.9 Å². The Morgan fingerprint density at radius 2 is 1.42 bits per heavy atom. The zero-order chi connectivity index (χ0) is 28.6. The molecule has 4 aromatic rings. The molecule has 2 aromatic heterocycles. The molecule has 0 saturated carbocycles. The molecule has 2 heterocycles. The maximum absolute atomic E-state index is 13.7. The number of aromatic nitrogens is 2. The van der Waals surface area contributed by atoms with Gasteiger partial charge in [-0.2, -0.15) is 4.39 Å². The van der Waals surface area contributed by atoms with Crippen molar-refractivity contribution in [3.63, 3.8) is 0 Å². The lowest BCUT2D eigenvalue weighted by Crippen LogP contribution is -2.22. The Kier molecular flexibility index (Phi) is 7.54. The normalized spacial score (nSPS) is 10.6. The Hall–Kier alpha value is -4.77. The molecule has 196 valence electrons. The first-order valence-electron chi connectivity index (χ1n) is 9.51. The number of nitrogens with one attached hydrogen (secondary N) is 2. The van der Waals surface area contributed by atoms with E-state index in [9.17, 15) is 58.4 Å². The minimum absolute atomic E-state index is 0.232. The van der Waals surface area contributed by atoms with E-state index in [1.807, 2.05) is 4.98 Å². The number of H-pyrrole nitrogens is 2. The quantitative estimate of drug-likeness (QED) is 0.146. The molecule has 0 radical (unpaired) electrons. The van der Waals surface area contributed by atoms with Gasteiger partial charge in [0, 0.05) is 18.2 Å². The summed E-state index contributed by atoms with van der Waals surface area (Å²) in [6.07, 6.45) is 0. The number of nitro benzene ring substituents is 2. The number of aromatic hydroxyl groups is 2. The molecule has 0 spiro atoms. The van der Waals surface area contributed by atoms with Crippen molar-refractivity contribution in [1.82, 2.24) is 9.97 Å². The van der Waals surface area contributed by atoms with Gasteiger partial charge in [-0.3, -0.25) is 39.4 Å². The van der Waals surface area contributed by atoms with Gasteiger partial charge in [-0.15, -0.1) is 0 Å². The van der Waals surface area contributed by atoms with Gasteiger partial charge >= 0.3 is 11.4 Å². The van der Waals surface area contributed by atoms with E-state index in [0.717, 1.165) is 6.07 Å². The number of hydrogen-bond acceptors (Lipinski definition) is 10. The second kappa shape index (κ2) is 10.3. The Balaban J connectivity index is 0.000000211. The van der Waals surface area contributed by atoms with Gasteiger partial charge in [-0.25, -0.2) is 4.39 Å². The highest BCUT2D eigenvalue weighted by molar-refractivity contribution is 9.10. The summed E-state index contributed by atoms with van der Waals surface area (Å²) in [5.74, 6) is -4.23. The van der Waals surface area contributed by atoms with Crippen molar-refractivity contribution in [3.8, 4) is 11.5 Å². The zero-order valence-electron chi connectivity index (χ0n) is 17.9. The van der Waals surface area contributed by atoms with Crippen molar-refractivity contribution >= 4 is 60.7 Å². The third kappa shape index (κ3) is 5.04. The molecule has 38 heavy (non-hydrogen) atoms. The first-order chi connectivity index (χ1) is 17.6. The third-order valence-electron chi connectivity index (χ3n) is 4.74. The summed E-state index contributed by atoms with van der Waals surface area (Å²) < 4.78 is 26.9. The second-order valence-corrected chi connectivity index (χ2v) is 8.33. The van der Waals surface area contributed by atoms with Crippen molar-refractivity contribution in [2.24, 2.45) is 0 Å². The van der Waals surface area contributed by atoms with E-state index in [1.54, 1.807) is 0 Å². The first-order valence-corrected chi connectivity index (χ1v) is 10.7. The van der Waals surface area contributed by atoms with Gasteiger partial charge in [0.15, 0.2) is 16.6 Å². The summed E-state index contributed by atoms with van der Waals surface area (Å²) in [4.78, 5) is 69.3. The molecule has 0 unspecified atom stereocenters. The summed E-state index contributed by atoms with van der Waals surface area (Å²) in [7, 11) is 0. The van der Waals surface area contributed by atoms with Crippen molar-refractivity contribution in [1.29, 1.82) is 0 Å². The number of fused-ring (bicyclic) bond motifs is 2. The van der Waals surface area contributed by atoms with Crippen LogP contribution in [0.3, 0.4) is 0 Å². The molecule has 4 N–H and O–H groups in total. The van der Waals surface area contributed by atoms with Crippen LogP contribution >= 0.6 is 27.5 Å². The smallest absolute Gasteiger partial charge is 0.318 e. The molecule has 2 aromatic carbocycles. The minimum Gasteiger partial charge on any atom is -0.507 e. The lowest BCUT2D eigenvalue weighted by Gasteiger charge is -2.01. The predicted molar refractivity (Wildman–Crippen MR) is 131 cm³/mol. The fourth-order valence-electron chi connectivity index (χ4n) is 3.19. The highest BCUT2D eigenvalue weighted by atomic mass is 79.9. The van der Waals surface area contributed by atoms with E-state index in [4.69, 9.17) is 11.6 Å². The van der Waals surface area contributed by atoms with E-state index in [1.165, 1.54) is 0 Å². The Labute approximate surface area is 217 Å². The van der Waals surface area contributed by atoms with Gasteiger partial charge < -0.3 is 20.2 Å². The van der Waals surface area contributed by atoms with Crippen molar-refractivity contribution in [3.05, 3.63) is 107 Å². The molecule has 0 bridgehead atoms. The van der Waals surface area contributed by atoms with Crippen LogP contribution < -0.4 is 22.0 Å². The number of halogens is 4. The molecule has 0 aliphatic rings. The highest BCUT2D eigenvalue weighted by Crippen LogP contribution is 2.36.